The quantitative estimate of drug-likeness (QED) is 0.725. The van der Waals surface area contributed by atoms with E-state index in [0.717, 1.165) is 28.9 Å². The van der Waals surface area contributed by atoms with Crippen LogP contribution < -0.4 is 5.32 Å². The number of benzene rings is 2. The van der Waals surface area contributed by atoms with E-state index < -0.39 is 0 Å². The van der Waals surface area contributed by atoms with Crippen molar-refractivity contribution in [3.05, 3.63) is 58.1 Å². The normalized spacial score (nSPS) is 17.0. The second-order valence-corrected chi connectivity index (χ2v) is 7.63. The van der Waals surface area contributed by atoms with Crippen molar-refractivity contribution in [3.63, 3.8) is 0 Å². The summed E-state index contributed by atoms with van der Waals surface area (Å²) in [7, 11) is 0. The molecule has 0 atom stereocenters. The molecule has 1 aromatic heterocycles. The van der Waals surface area contributed by atoms with Crippen molar-refractivity contribution >= 4 is 28.4 Å². The standard InChI is InChI=1S/C21H20ClN3O/c22-17-5-4-15(20-16(17)11-23-21(20)26)19-10-14-9-13(3-6-18(14)24-19)12-25-7-1-2-8-25/h3-6,9-10,24H,1-2,7-8,11-12H2,(H,23,26). The molecule has 3 heterocycles. The topological polar surface area (TPSA) is 48.1 Å². The highest BCUT2D eigenvalue weighted by Crippen LogP contribution is 2.34. The summed E-state index contributed by atoms with van der Waals surface area (Å²) in [5, 5.41) is 4.70. The molecule has 0 unspecified atom stereocenters. The van der Waals surface area contributed by atoms with Crippen LogP contribution in [0.2, 0.25) is 5.02 Å². The van der Waals surface area contributed by atoms with Crippen LogP contribution in [-0.4, -0.2) is 28.9 Å². The molecule has 2 aliphatic heterocycles. The minimum atomic E-state index is -0.0501. The number of likely N-dealkylation sites (tertiary alicyclic amines) is 1. The summed E-state index contributed by atoms with van der Waals surface area (Å²) in [6.07, 6.45) is 2.61. The summed E-state index contributed by atoms with van der Waals surface area (Å²) >= 11 is 6.27. The van der Waals surface area contributed by atoms with Crippen LogP contribution in [-0.2, 0) is 13.1 Å². The number of H-pyrrole nitrogens is 1. The first-order chi connectivity index (χ1) is 12.7. The Bertz CT molecular complexity index is 1020. The van der Waals surface area contributed by atoms with Gasteiger partial charge in [0.05, 0.1) is 5.56 Å². The molecular formula is C21H20ClN3O. The van der Waals surface area contributed by atoms with E-state index in [1.807, 2.05) is 12.1 Å². The highest BCUT2D eigenvalue weighted by Gasteiger charge is 2.26. The first kappa shape index (κ1) is 15.9. The molecule has 2 N–H and O–H groups in total. The van der Waals surface area contributed by atoms with Crippen LogP contribution in [0.25, 0.3) is 22.2 Å². The maximum Gasteiger partial charge on any atom is 0.252 e. The lowest BCUT2D eigenvalue weighted by molar-refractivity contribution is 0.0966. The monoisotopic (exact) mass is 365 g/mol. The first-order valence-electron chi connectivity index (χ1n) is 9.13. The lowest BCUT2D eigenvalue weighted by Crippen LogP contribution is -2.18. The molecule has 132 valence electrons. The Kier molecular flexibility index (Phi) is 3.76. The van der Waals surface area contributed by atoms with Gasteiger partial charge in [0.1, 0.15) is 0 Å². The summed E-state index contributed by atoms with van der Waals surface area (Å²) in [6, 6.07) is 12.5. The SMILES string of the molecule is O=C1NCc2c(Cl)ccc(-c3cc4cc(CN5CCCC5)ccc4[nH]3)c21. The second kappa shape index (κ2) is 6.15. The number of aromatic nitrogens is 1. The largest absolute Gasteiger partial charge is 0.355 e. The Labute approximate surface area is 157 Å². The van der Waals surface area contributed by atoms with Crippen molar-refractivity contribution < 1.29 is 4.79 Å². The van der Waals surface area contributed by atoms with E-state index in [9.17, 15) is 4.79 Å². The van der Waals surface area contributed by atoms with Gasteiger partial charge < -0.3 is 10.3 Å². The number of rotatable bonds is 3. The van der Waals surface area contributed by atoms with Crippen molar-refractivity contribution in [2.24, 2.45) is 0 Å². The fourth-order valence-corrected chi connectivity index (χ4v) is 4.38. The number of halogens is 1. The molecule has 0 bridgehead atoms. The van der Waals surface area contributed by atoms with Crippen LogP contribution in [0.15, 0.2) is 36.4 Å². The summed E-state index contributed by atoms with van der Waals surface area (Å²) in [6.45, 7) is 3.90. The van der Waals surface area contributed by atoms with Crippen molar-refractivity contribution in [2.75, 3.05) is 13.1 Å². The zero-order chi connectivity index (χ0) is 17.7. The van der Waals surface area contributed by atoms with Gasteiger partial charge in [-0.3, -0.25) is 9.69 Å². The molecule has 26 heavy (non-hydrogen) atoms. The van der Waals surface area contributed by atoms with Gasteiger partial charge in [0.25, 0.3) is 5.91 Å². The number of carbonyl (C=O) groups is 1. The molecule has 0 spiro atoms. The maximum absolute atomic E-state index is 12.3. The number of nitrogens with zero attached hydrogens (tertiary/aromatic N) is 1. The first-order valence-corrected chi connectivity index (χ1v) is 9.51. The zero-order valence-corrected chi connectivity index (χ0v) is 15.2. The Morgan fingerprint density at radius 1 is 1.08 bits per heavy atom. The summed E-state index contributed by atoms with van der Waals surface area (Å²) in [4.78, 5) is 18.3. The molecule has 3 aromatic rings. The van der Waals surface area contributed by atoms with Gasteiger partial charge in [-0.1, -0.05) is 23.7 Å². The Morgan fingerprint density at radius 3 is 2.77 bits per heavy atom. The lowest BCUT2D eigenvalue weighted by atomic mass is 10.0. The van der Waals surface area contributed by atoms with Gasteiger partial charge in [-0.15, -0.1) is 0 Å². The van der Waals surface area contributed by atoms with Gasteiger partial charge >= 0.3 is 0 Å². The van der Waals surface area contributed by atoms with Gasteiger partial charge in [-0.2, -0.15) is 0 Å². The van der Waals surface area contributed by atoms with Crippen LogP contribution in [0.1, 0.15) is 34.3 Å². The molecule has 1 amide bonds. The molecule has 2 aromatic carbocycles. The average Bonchev–Trinajstić information content (AvgIpc) is 3.36. The number of carbonyl (C=O) groups excluding carboxylic acids is 1. The molecule has 0 aliphatic carbocycles. The summed E-state index contributed by atoms with van der Waals surface area (Å²) in [5.74, 6) is -0.0501. The molecule has 5 heteroatoms. The molecule has 1 saturated heterocycles. The molecular weight excluding hydrogens is 346 g/mol. The van der Waals surface area contributed by atoms with Crippen molar-refractivity contribution in [3.8, 4) is 11.3 Å². The number of hydrogen-bond donors (Lipinski definition) is 2. The lowest BCUT2D eigenvalue weighted by Gasteiger charge is -2.14. The van der Waals surface area contributed by atoms with E-state index in [1.54, 1.807) is 0 Å². The van der Waals surface area contributed by atoms with E-state index in [2.05, 4.69) is 39.5 Å². The van der Waals surface area contributed by atoms with Gasteiger partial charge in [0, 0.05) is 45.8 Å². The van der Waals surface area contributed by atoms with E-state index in [-0.39, 0.29) is 5.91 Å². The van der Waals surface area contributed by atoms with Crippen molar-refractivity contribution in [1.82, 2.24) is 15.2 Å². The number of hydrogen-bond acceptors (Lipinski definition) is 2. The third-order valence-corrected chi connectivity index (χ3v) is 5.84. The Hall–Kier alpha value is -2.30. The van der Waals surface area contributed by atoms with Gasteiger partial charge in [0.2, 0.25) is 0 Å². The summed E-state index contributed by atoms with van der Waals surface area (Å²) < 4.78 is 0. The minimum absolute atomic E-state index is 0.0501. The third-order valence-electron chi connectivity index (χ3n) is 5.49. The Balaban J connectivity index is 1.54. The van der Waals surface area contributed by atoms with Crippen molar-refractivity contribution in [2.45, 2.75) is 25.9 Å². The maximum atomic E-state index is 12.3. The minimum Gasteiger partial charge on any atom is -0.355 e. The second-order valence-electron chi connectivity index (χ2n) is 7.22. The van der Waals surface area contributed by atoms with Crippen LogP contribution in [0.3, 0.4) is 0 Å². The van der Waals surface area contributed by atoms with Crippen LogP contribution in [0, 0.1) is 0 Å². The Morgan fingerprint density at radius 2 is 1.92 bits per heavy atom. The fraction of sp³-hybridized carbons (Fsp3) is 0.286. The third kappa shape index (κ3) is 2.61. The highest BCUT2D eigenvalue weighted by molar-refractivity contribution is 6.32. The van der Waals surface area contributed by atoms with E-state index in [1.165, 1.54) is 36.9 Å². The highest BCUT2D eigenvalue weighted by atomic mass is 35.5. The molecule has 4 nitrogen and oxygen atoms in total. The van der Waals surface area contributed by atoms with E-state index in [4.69, 9.17) is 11.6 Å². The zero-order valence-electron chi connectivity index (χ0n) is 14.4. The number of aromatic amines is 1. The molecule has 0 saturated carbocycles. The molecule has 1 fully saturated rings. The smallest absolute Gasteiger partial charge is 0.252 e. The number of nitrogens with one attached hydrogen (secondary N) is 2. The predicted molar refractivity (Wildman–Crippen MR) is 104 cm³/mol. The van der Waals surface area contributed by atoms with E-state index in [0.29, 0.717) is 17.1 Å². The number of fused-ring (bicyclic) bond motifs is 2. The number of amides is 1. The summed E-state index contributed by atoms with van der Waals surface area (Å²) in [5.41, 5.74) is 5.89. The molecule has 0 radical (unpaired) electrons. The van der Waals surface area contributed by atoms with Gasteiger partial charge in [-0.05, 0) is 55.8 Å². The van der Waals surface area contributed by atoms with Crippen LogP contribution in [0.5, 0.6) is 0 Å². The van der Waals surface area contributed by atoms with Crippen molar-refractivity contribution in [1.29, 1.82) is 0 Å². The van der Waals surface area contributed by atoms with Gasteiger partial charge in [-0.25, -0.2) is 0 Å². The van der Waals surface area contributed by atoms with Gasteiger partial charge in [0.15, 0.2) is 0 Å². The molecule has 5 rings (SSSR count). The predicted octanol–water partition coefficient (Wildman–Crippen LogP) is 4.33. The molecule has 2 aliphatic rings. The van der Waals surface area contributed by atoms with Crippen LogP contribution >= 0.6 is 11.6 Å². The van der Waals surface area contributed by atoms with Crippen LogP contribution in [0.4, 0.5) is 0 Å². The van der Waals surface area contributed by atoms with E-state index >= 15 is 0 Å². The fourth-order valence-electron chi connectivity index (χ4n) is 4.16. The average molecular weight is 366 g/mol.